The topological polar surface area (TPSA) is 48.6 Å². The van der Waals surface area contributed by atoms with Crippen molar-refractivity contribution in [3.8, 4) is 5.75 Å². The molecule has 1 N–H and O–H groups in total. The fourth-order valence-electron chi connectivity index (χ4n) is 4.81. The van der Waals surface area contributed by atoms with Gasteiger partial charge in [0.1, 0.15) is 5.75 Å². The van der Waals surface area contributed by atoms with E-state index < -0.39 is 0 Å². The molecule has 3 aromatic carbocycles. The Hall–Kier alpha value is -3.41. The summed E-state index contributed by atoms with van der Waals surface area (Å²) in [7, 11) is 1.65. The second kappa shape index (κ2) is 9.61. The summed E-state index contributed by atoms with van der Waals surface area (Å²) in [6.07, 6.45) is 1.82. The standard InChI is InChI=1S/C28H29N3O2/c1-33-23-12-13-26-24(18-23)25(19-29-26)27(32)20-30-14-16-31(17-15-30)28(21-8-4-2-5-9-21)22-10-6-3-7-11-22/h2-13,18-19,28-29H,14-17,20H2,1H3. The minimum Gasteiger partial charge on any atom is -0.497 e. The fourth-order valence-corrected chi connectivity index (χ4v) is 4.81. The molecule has 5 heteroatoms. The van der Waals surface area contributed by atoms with Gasteiger partial charge >= 0.3 is 0 Å². The molecule has 2 heterocycles. The number of Topliss-reactive ketones (excluding diaryl/α,β-unsaturated/α-hetero) is 1. The van der Waals surface area contributed by atoms with E-state index >= 15 is 0 Å². The van der Waals surface area contributed by atoms with E-state index in [1.165, 1.54) is 11.1 Å². The van der Waals surface area contributed by atoms with Crippen LogP contribution in [0.3, 0.4) is 0 Å². The number of aromatic amines is 1. The van der Waals surface area contributed by atoms with Crippen molar-refractivity contribution in [2.75, 3.05) is 39.8 Å². The van der Waals surface area contributed by atoms with E-state index in [2.05, 4.69) is 75.4 Å². The number of benzene rings is 3. The monoisotopic (exact) mass is 439 g/mol. The number of nitrogens with one attached hydrogen (secondary N) is 1. The summed E-state index contributed by atoms with van der Waals surface area (Å²) >= 11 is 0. The van der Waals surface area contributed by atoms with E-state index in [0.29, 0.717) is 6.54 Å². The zero-order valence-electron chi connectivity index (χ0n) is 18.9. The summed E-state index contributed by atoms with van der Waals surface area (Å²) in [5.41, 5.74) is 4.30. The van der Waals surface area contributed by atoms with E-state index in [9.17, 15) is 4.79 Å². The van der Waals surface area contributed by atoms with E-state index in [1.807, 2.05) is 24.4 Å². The molecule has 1 fully saturated rings. The highest BCUT2D eigenvalue weighted by atomic mass is 16.5. The van der Waals surface area contributed by atoms with Crippen LogP contribution in [0.4, 0.5) is 0 Å². The number of nitrogens with zero attached hydrogens (tertiary/aromatic N) is 2. The van der Waals surface area contributed by atoms with Gasteiger partial charge in [0.25, 0.3) is 0 Å². The van der Waals surface area contributed by atoms with Crippen molar-refractivity contribution in [3.63, 3.8) is 0 Å². The van der Waals surface area contributed by atoms with Gasteiger partial charge in [0.05, 0.1) is 19.7 Å². The summed E-state index contributed by atoms with van der Waals surface area (Å²) in [4.78, 5) is 21.1. The second-order valence-corrected chi connectivity index (χ2v) is 8.57. The van der Waals surface area contributed by atoms with Gasteiger partial charge in [0.2, 0.25) is 0 Å². The van der Waals surface area contributed by atoms with Gasteiger partial charge in [-0.3, -0.25) is 14.6 Å². The van der Waals surface area contributed by atoms with Gasteiger partial charge in [-0.25, -0.2) is 0 Å². The molecule has 1 saturated heterocycles. The molecule has 5 rings (SSSR count). The lowest BCUT2D eigenvalue weighted by atomic mass is 9.96. The summed E-state index contributed by atoms with van der Waals surface area (Å²) < 4.78 is 5.34. The molecule has 4 aromatic rings. The number of H-pyrrole nitrogens is 1. The van der Waals surface area contributed by atoms with Crippen LogP contribution >= 0.6 is 0 Å². The summed E-state index contributed by atoms with van der Waals surface area (Å²) in [6.45, 7) is 4.01. The number of aromatic nitrogens is 1. The third kappa shape index (κ3) is 4.56. The largest absolute Gasteiger partial charge is 0.497 e. The number of piperazine rings is 1. The molecule has 0 aliphatic carbocycles. The van der Waals surface area contributed by atoms with Gasteiger partial charge < -0.3 is 9.72 Å². The maximum absolute atomic E-state index is 13.1. The highest BCUT2D eigenvalue weighted by molar-refractivity contribution is 6.09. The van der Waals surface area contributed by atoms with Crippen molar-refractivity contribution in [2.24, 2.45) is 0 Å². The Kier molecular flexibility index (Phi) is 6.24. The first-order chi connectivity index (χ1) is 16.2. The molecule has 0 amide bonds. The molecule has 0 spiro atoms. The zero-order chi connectivity index (χ0) is 22.6. The van der Waals surface area contributed by atoms with Crippen LogP contribution in [0.2, 0.25) is 0 Å². The molecule has 1 aliphatic heterocycles. The van der Waals surface area contributed by atoms with Crippen LogP contribution in [-0.2, 0) is 0 Å². The van der Waals surface area contributed by atoms with Crippen molar-refractivity contribution in [3.05, 3.63) is 102 Å². The lowest BCUT2D eigenvalue weighted by molar-refractivity contribution is 0.0809. The molecule has 1 aliphatic rings. The molecule has 33 heavy (non-hydrogen) atoms. The van der Waals surface area contributed by atoms with Crippen LogP contribution in [-0.4, -0.2) is 60.4 Å². The first-order valence-corrected chi connectivity index (χ1v) is 11.5. The first-order valence-electron chi connectivity index (χ1n) is 11.5. The minimum atomic E-state index is 0.144. The normalized spacial score (nSPS) is 15.2. The first kappa shape index (κ1) is 21.4. The van der Waals surface area contributed by atoms with Crippen molar-refractivity contribution >= 4 is 16.7 Å². The van der Waals surface area contributed by atoms with E-state index in [0.717, 1.165) is 48.4 Å². The number of carbonyl (C=O) groups excluding carboxylic acids is 1. The lowest BCUT2D eigenvalue weighted by Gasteiger charge is -2.39. The highest BCUT2D eigenvalue weighted by Gasteiger charge is 2.27. The summed E-state index contributed by atoms with van der Waals surface area (Å²) in [5, 5.41) is 0.922. The average molecular weight is 440 g/mol. The van der Waals surface area contributed by atoms with Crippen molar-refractivity contribution < 1.29 is 9.53 Å². The third-order valence-electron chi connectivity index (χ3n) is 6.56. The van der Waals surface area contributed by atoms with Gasteiger partial charge in [0, 0.05) is 48.8 Å². The smallest absolute Gasteiger partial charge is 0.178 e. The molecule has 0 bridgehead atoms. The predicted molar refractivity (Wildman–Crippen MR) is 132 cm³/mol. The van der Waals surface area contributed by atoms with Gasteiger partial charge in [0.15, 0.2) is 5.78 Å². The summed E-state index contributed by atoms with van der Waals surface area (Å²) in [6, 6.07) is 27.4. The van der Waals surface area contributed by atoms with E-state index in [-0.39, 0.29) is 11.8 Å². The van der Waals surface area contributed by atoms with Gasteiger partial charge in [-0.2, -0.15) is 0 Å². The van der Waals surface area contributed by atoms with Crippen LogP contribution in [0.5, 0.6) is 5.75 Å². The van der Waals surface area contributed by atoms with Crippen LogP contribution < -0.4 is 4.74 Å². The number of methoxy groups -OCH3 is 1. The van der Waals surface area contributed by atoms with Crippen LogP contribution in [0.1, 0.15) is 27.5 Å². The highest BCUT2D eigenvalue weighted by Crippen LogP contribution is 2.30. The Bertz CT molecular complexity index is 1170. The maximum Gasteiger partial charge on any atom is 0.178 e. The van der Waals surface area contributed by atoms with E-state index in [1.54, 1.807) is 7.11 Å². The van der Waals surface area contributed by atoms with E-state index in [4.69, 9.17) is 4.74 Å². The molecule has 168 valence electrons. The molecular formula is C28H29N3O2. The van der Waals surface area contributed by atoms with Gasteiger partial charge in [-0.15, -0.1) is 0 Å². The van der Waals surface area contributed by atoms with Gasteiger partial charge in [-0.1, -0.05) is 60.7 Å². The Balaban J connectivity index is 1.28. The fraction of sp³-hybridized carbons (Fsp3) is 0.250. The second-order valence-electron chi connectivity index (χ2n) is 8.57. The molecule has 1 aromatic heterocycles. The summed E-state index contributed by atoms with van der Waals surface area (Å²) in [5.74, 6) is 0.906. The van der Waals surface area contributed by atoms with Crippen LogP contribution in [0.25, 0.3) is 10.9 Å². The number of rotatable bonds is 7. The van der Waals surface area contributed by atoms with Crippen molar-refractivity contribution in [2.45, 2.75) is 6.04 Å². The number of fused-ring (bicyclic) bond motifs is 1. The number of hydrogen-bond acceptors (Lipinski definition) is 4. The lowest BCUT2D eigenvalue weighted by Crippen LogP contribution is -2.49. The third-order valence-corrected chi connectivity index (χ3v) is 6.56. The molecule has 0 unspecified atom stereocenters. The molecule has 0 radical (unpaired) electrons. The number of ketones is 1. The Morgan fingerprint density at radius 1 is 0.909 bits per heavy atom. The number of carbonyl (C=O) groups is 1. The molecule has 0 atom stereocenters. The minimum absolute atomic E-state index is 0.144. The maximum atomic E-state index is 13.1. The Morgan fingerprint density at radius 3 is 2.15 bits per heavy atom. The predicted octanol–water partition coefficient (Wildman–Crippen LogP) is 4.77. The quantitative estimate of drug-likeness (QED) is 0.422. The van der Waals surface area contributed by atoms with Crippen molar-refractivity contribution in [1.29, 1.82) is 0 Å². The van der Waals surface area contributed by atoms with Crippen molar-refractivity contribution in [1.82, 2.24) is 14.8 Å². The SMILES string of the molecule is COc1ccc2[nH]cc(C(=O)CN3CCN(C(c4ccccc4)c4ccccc4)CC3)c2c1. The molecule has 5 nitrogen and oxygen atoms in total. The van der Waals surface area contributed by atoms with Crippen LogP contribution in [0, 0.1) is 0 Å². The zero-order valence-corrected chi connectivity index (χ0v) is 18.9. The van der Waals surface area contributed by atoms with Gasteiger partial charge in [-0.05, 0) is 29.3 Å². The molecule has 0 saturated carbocycles. The number of hydrogen-bond donors (Lipinski definition) is 1. The molecular weight excluding hydrogens is 410 g/mol. The average Bonchev–Trinajstić information content (AvgIpc) is 3.30. The van der Waals surface area contributed by atoms with Crippen LogP contribution in [0.15, 0.2) is 85.1 Å². The number of ether oxygens (including phenoxy) is 1. The Morgan fingerprint density at radius 2 is 1.55 bits per heavy atom. The Labute approximate surface area is 194 Å².